The number of thioether (sulfide) groups is 1. The SMILES string of the molecule is O=C(CCSc1ccc(F)cc1)NC1CCC(C(=O)O)C1. The second-order valence-corrected chi connectivity index (χ2v) is 6.33. The Labute approximate surface area is 127 Å². The number of rotatable bonds is 6. The Balaban J connectivity index is 1.66. The standard InChI is InChI=1S/C15H18FNO3S/c16-11-2-5-13(6-3-11)21-8-7-14(18)17-12-4-1-10(9-12)15(19)20/h2-3,5-6,10,12H,1,4,7-9H2,(H,17,18)(H,19,20). The molecule has 114 valence electrons. The first-order valence-corrected chi connectivity index (χ1v) is 7.93. The summed E-state index contributed by atoms with van der Waals surface area (Å²) in [6, 6.07) is 6.15. The normalized spacial score (nSPS) is 21.2. The van der Waals surface area contributed by atoms with Crippen LogP contribution in [0.25, 0.3) is 0 Å². The van der Waals surface area contributed by atoms with Gasteiger partial charge in [0.05, 0.1) is 5.92 Å². The Kier molecular flexibility index (Phi) is 5.61. The van der Waals surface area contributed by atoms with E-state index in [1.165, 1.54) is 23.9 Å². The summed E-state index contributed by atoms with van der Waals surface area (Å²) in [4.78, 5) is 23.6. The molecule has 0 saturated heterocycles. The number of aliphatic carboxylic acids is 1. The maximum Gasteiger partial charge on any atom is 0.306 e. The first-order valence-electron chi connectivity index (χ1n) is 6.95. The lowest BCUT2D eigenvalue weighted by Gasteiger charge is -2.12. The van der Waals surface area contributed by atoms with E-state index in [9.17, 15) is 14.0 Å². The second kappa shape index (κ2) is 7.45. The fourth-order valence-electron chi connectivity index (χ4n) is 2.43. The minimum Gasteiger partial charge on any atom is -0.481 e. The molecule has 1 saturated carbocycles. The molecule has 1 fully saturated rings. The molecule has 1 amide bonds. The maximum atomic E-state index is 12.7. The number of benzene rings is 1. The molecule has 6 heteroatoms. The smallest absolute Gasteiger partial charge is 0.306 e. The van der Waals surface area contributed by atoms with Crippen LogP contribution in [0.5, 0.6) is 0 Å². The van der Waals surface area contributed by atoms with Crippen molar-refractivity contribution in [2.24, 2.45) is 5.92 Å². The monoisotopic (exact) mass is 311 g/mol. The largest absolute Gasteiger partial charge is 0.481 e. The third-order valence-electron chi connectivity index (χ3n) is 3.56. The van der Waals surface area contributed by atoms with Gasteiger partial charge in [-0.15, -0.1) is 11.8 Å². The van der Waals surface area contributed by atoms with Crippen molar-refractivity contribution in [1.29, 1.82) is 0 Å². The molecule has 1 aromatic carbocycles. The van der Waals surface area contributed by atoms with Crippen LogP contribution in [0, 0.1) is 11.7 Å². The van der Waals surface area contributed by atoms with Crippen LogP contribution in [-0.4, -0.2) is 28.8 Å². The zero-order chi connectivity index (χ0) is 15.2. The van der Waals surface area contributed by atoms with Gasteiger partial charge < -0.3 is 10.4 Å². The molecule has 0 bridgehead atoms. The highest BCUT2D eigenvalue weighted by molar-refractivity contribution is 7.99. The van der Waals surface area contributed by atoms with Gasteiger partial charge in [0.15, 0.2) is 0 Å². The van der Waals surface area contributed by atoms with Gasteiger partial charge in [-0.2, -0.15) is 0 Å². The summed E-state index contributed by atoms with van der Waals surface area (Å²) in [6.45, 7) is 0. The van der Waals surface area contributed by atoms with Crippen LogP contribution in [-0.2, 0) is 9.59 Å². The van der Waals surface area contributed by atoms with E-state index in [1.807, 2.05) is 0 Å². The van der Waals surface area contributed by atoms with Crippen LogP contribution in [0.3, 0.4) is 0 Å². The summed E-state index contributed by atoms with van der Waals surface area (Å²) in [6.07, 6.45) is 2.25. The predicted octanol–water partition coefficient (Wildman–Crippen LogP) is 2.68. The number of nitrogens with one attached hydrogen (secondary N) is 1. The molecular weight excluding hydrogens is 293 g/mol. The third kappa shape index (κ3) is 5.04. The molecule has 0 heterocycles. The van der Waals surface area contributed by atoms with E-state index in [0.717, 1.165) is 11.3 Å². The van der Waals surface area contributed by atoms with Crippen molar-refractivity contribution in [3.05, 3.63) is 30.1 Å². The molecule has 0 spiro atoms. The number of carboxylic acid groups (broad SMARTS) is 1. The van der Waals surface area contributed by atoms with Gasteiger partial charge in [0.25, 0.3) is 0 Å². The summed E-state index contributed by atoms with van der Waals surface area (Å²) in [5.41, 5.74) is 0. The Hall–Kier alpha value is -1.56. The fourth-order valence-corrected chi connectivity index (χ4v) is 3.28. The summed E-state index contributed by atoms with van der Waals surface area (Å²) in [5, 5.41) is 11.8. The van der Waals surface area contributed by atoms with Gasteiger partial charge in [-0.3, -0.25) is 9.59 Å². The highest BCUT2D eigenvalue weighted by Crippen LogP contribution is 2.26. The van der Waals surface area contributed by atoms with E-state index in [0.29, 0.717) is 25.0 Å². The number of hydrogen-bond acceptors (Lipinski definition) is 3. The lowest BCUT2D eigenvalue weighted by molar-refractivity contribution is -0.141. The van der Waals surface area contributed by atoms with E-state index in [1.54, 1.807) is 12.1 Å². The first kappa shape index (κ1) is 15.8. The molecule has 2 rings (SSSR count). The fraction of sp³-hybridized carbons (Fsp3) is 0.467. The summed E-state index contributed by atoms with van der Waals surface area (Å²) < 4.78 is 12.7. The first-order chi connectivity index (χ1) is 10.0. The second-order valence-electron chi connectivity index (χ2n) is 5.17. The van der Waals surface area contributed by atoms with E-state index in [2.05, 4.69) is 5.32 Å². The van der Waals surface area contributed by atoms with Crippen LogP contribution in [0.1, 0.15) is 25.7 Å². The Morgan fingerprint density at radius 3 is 2.62 bits per heavy atom. The molecule has 2 atom stereocenters. The van der Waals surface area contributed by atoms with Crippen molar-refractivity contribution in [1.82, 2.24) is 5.32 Å². The Bertz CT molecular complexity index is 506. The quantitative estimate of drug-likeness (QED) is 0.793. The van der Waals surface area contributed by atoms with Gasteiger partial charge in [0.1, 0.15) is 5.82 Å². The van der Waals surface area contributed by atoms with Crippen molar-refractivity contribution in [2.75, 3.05) is 5.75 Å². The topological polar surface area (TPSA) is 66.4 Å². The van der Waals surface area contributed by atoms with Crippen molar-refractivity contribution >= 4 is 23.6 Å². The average Bonchev–Trinajstić information content (AvgIpc) is 2.90. The highest BCUT2D eigenvalue weighted by Gasteiger charge is 2.30. The maximum absolute atomic E-state index is 12.7. The minimum absolute atomic E-state index is 0.0191. The Morgan fingerprint density at radius 1 is 1.29 bits per heavy atom. The van der Waals surface area contributed by atoms with Gasteiger partial charge in [-0.05, 0) is 43.5 Å². The lowest BCUT2D eigenvalue weighted by atomic mass is 10.1. The molecule has 4 nitrogen and oxygen atoms in total. The molecule has 0 radical (unpaired) electrons. The zero-order valence-electron chi connectivity index (χ0n) is 11.5. The van der Waals surface area contributed by atoms with E-state index < -0.39 is 5.97 Å². The van der Waals surface area contributed by atoms with Gasteiger partial charge in [0.2, 0.25) is 5.91 Å². The van der Waals surface area contributed by atoms with Crippen molar-refractivity contribution < 1.29 is 19.1 Å². The number of carbonyl (C=O) groups excluding carboxylic acids is 1. The molecule has 2 unspecified atom stereocenters. The Morgan fingerprint density at radius 2 is 2.00 bits per heavy atom. The predicted molar refractivity (Wildman–Crippen MR) is 78.6 cm³/mol. The molecule has 1 aromatic rings. The molecule has 0 aliphatic heterocycles. The molecule has 1 aliphatic carbocycles. The number of hydrogen-bond donors (Lipinski definition) is 2. The highest BCUT2D eigenvalue weighted by atomic mass is 32.2. The van der Waals surface area contributed by atoms with Crippen molar-refractivity contribution in [3.8, 4) is 0 Å². The third-order valence-corrected chi connectivity index (χ3v) is 4.57. The van der Waals surface area contributed by atoms with Crippen LogP contribution in [0.2, 0.25) is 0 Å². The zero-order valence-corrected chi connectivity index (χ0v) is 12.4. The average molecular weight is 311 g/mol. The van der Waals surface area contributed by atoms with Crippen molar-refractivity contribution in [2.45, 2.75) is 36.6 Å². The summed E-state index contributed by atoms with van der Waals surface area (Å²) in [7, 11) is 0. The van der Waals surface area contributed by atoms with Crippen LogP contribution in [0.4, 0.5) is 4.39 Å². The van der Waals surface area contributed by atoms with Gasteiger partial charge in [-0.1, -0.05) is 0 Å². The summed E-state index contributed by atoms with van der Waals surface area (Å²) in [5.74, 6) is -0.818. The molecule has 1 aliphatic rings. The van der Waals surface area contributed by atoms with Gasteiger partial charge in [0, 0.05) is 23.1 Å². The van der Waals surface area contributed by atoms with Crippen molar-refractivity contribution in [3.63, 3.8) is 0 Å². The summed E-state index contributed by atoms with van der Waals surface area (Å²) >= 11 is 1.50. The van der Waals surface area contributed by atoms with E-state index >= 15 is 0 Å². The molecule has 0 aromatic heterocycles. The number of carboxylic acids is 1. The van der Waals surface area contributed by atoms with Gasteiger partial charge in [-0.25, -0.2) is 4.39 Å². The number of carbonyl (C=O) groups is 2. The van der Waals surface area contributed by atoms with E-state index in [-0.39, 0.29) is 23.7 Å². The van der Waals surface area contributed by atoms with Gasteiger partial charge >= 0.3 is 5.97 Å². The number of halogens is 1. The van der Waals surface area contributed by atoms with Crippen LogP contribution < -0.4 is 5.32 Å². The van der Waals surface area contributed by atoms with Crippen LogP contribution in [0.15, 0.2) is 29.2 Å². The minimum atomic E-state index is -0.779. The molecule has 2 N–H and O–H groups in total. The van der Waals surface area contributed by atoms with Crippen LogP contribution >= 0.6 is 11.8 Å². The van der Waals surface area contributed by atoms with E-state index in [4.69, 9.17) is 5.11 Å². The molecular formula is C15H18FNO3S. The lowest BCUT2D eigenvalue weighted by Crippen LogP contribution is -2.33. The molecule has 21 heavy (non-hydrogen) atoms. The number of amides is 1.